The predicted octanol–water partition coefficient (Wildman–Crippen LogP) is 6.06. The van der Waals surface area contributed by atoms with Crippen molar-refractivity contribution in [2.75, 3.05) is 5.32 Å². The van der Waals surface area contributed by atoms with E-state index in [0.717, 1.165) is 4.47 Å². The lowest BCUT2D eigenvalue weighted by molar-refractivity contribution is -0.274. The second-order valence-corrected chi connectivity index (χ2v) is 7.64. The quantitative estimate of drug-likeness (QED) is 0.334. The van der Waals surface area contributed by atoms with Crippen molar-refractivity contribution >= 4 is 38.6 Å². The Morgan fingerprint density at radius 3 is 2.56 bits per heavy atom. The fourth-order valence-electron chi connectivity index (χ4n) is 2.96. The third-order valence-corrected chi connectivity index (χ3v) is 4.94. The molecule has 0 aliphatic rings. The van der Waals surface area contributed by atoms with Gasteiger partial charge in [-0.2, -0.15) is 5.10 Å². The highest BCUT2D eigenvalue weighted by molar-refractivity contribution is 9.10. The highest BCUT2D eigenvalue weighted by Crippen LogP contribution is 2.27. The number of hydrogen-bond donors (Lipinski definition) is 2. The number of rotatable bonds is 6. The van der Waals surface area contributed by atoms with E-state index in [1.807, 2.05) is 0 Å². The van der Waals surface area contributed by atoms with Crippen LogP contribution in [0.1, 0.15) is 15.9 Å². The molecule has 0 aliphatic carbocycles. The maximum Gasteiger partial charge on any atom is 0.573 e. The van der Waals surface area contributed by atoms with E-state index in [1.54, 1.807) is 48.5 Å². The molecule has 2 N–H and O–H groups in total. The predicted molar refractivity (Wildman–Crippen MR) is 116 cm³/mol. The first-order chi connectivity index (χ1) is 15.3. The lowest BCUT2D eigenvalue weighted by Crippen LogP contribution is -2.17. The van der Waals surface area contributed by atoms with Gasteiger partial charge in [-0.3, -0.25) is 9.89 Å². The zero-order valence-electron chi connectivity index (χ0n) is 16.2. The summed E-state index contributed by atoms with van der Waals surface area (Å²) >= 11 is 3.32. The molecule has 4 rings (SSSR count). The van der Waals surface area contributed by atoms with Gasteiger partial charge in [-0.1, -0.05) is 28.1 Å². The summed E-state index contributed by atoms with van der Waals surface area (Å²) in [5, 5.41) is 10.4. The van der Waals surface area contributed by atoms with Crippen LogP contribution in [-0.4, -0.2) is 22.5 Å². The third kappa shape index (κ3) is 5.38. The van der Waals surface area contributed by atoms with Gasteiger partial charge in [0, 0.05) is 15.4 Å². The summed E-state index contributed by atoms with van der Waals surface area (Å²) in [6.07, 6.45) is -4.76. The summed E-state index contributed by atoms with van der Waals surface area (Å²) in [6, 6.07) is 17.6. The number of nitrogens with zero attached hydrogens (tertiary/aromatic N) is 1. The van der Waals surface area contributed by atoms with Gasteiger partial charge in [0.15, 0.2) is 5.82 Å². The van der Waals surface area contributed by atoms with Crippen LogP contribution in [0, 0.1) is 0 Å². The number of aromatic amines is 1. The summed E-state index contributed by atoms with van der Waals surface area (Å²) in [5.41, 5.74) is 1.66. The fourth-order valence-corrected chi connectivity index (χ4v) is 3.22. The van der Waals surface area contributed by atoms with E-state index in [4.69, 9.17) is 4.74 Å². The van der Waals surface area contributed by atoms with Gasteiger partial charge in [0.2, 0.25) is 0 Å². The topological polar surface area (TPSA) is 76.2 Å². The molecule has 0 saturated carbocycles. The molecule has 3 aromatic carbocycles. The van der Waals surface area contributed by atoms with Crippen molar-refractivity contribution in [3.05, 3.63) is 82.3 Å². The minimum absolute atomic E-state index is 0.0268. The van der Waals surface area contributed by atoms with Gasteiger partial charge in [0.05, 0.1) is 5.52 Å². The van der Waals surface area contributed by atoms with Crippen LogP contribution in [0.25, 0.3) is 10.9 Å². The number of anilines is 1. The number of alkyl halides is 3. The number of carbonyl (C=O) groups is 1. The van der Waals surface area contributed by atoms with E-state index in [1.165, 1.54) is 18.2 Å². The van der Waals surface area contributed by atoms with Crippen molar-refractivity contribution in [1.29, 1.82) is 0 Å². The van der Waals surface area contributed by atoms with E-state index < -0.39 is 6.36 Å². The van der Waals surface area contributed by atoms with E-state index in [-0.39, 0.29) is 18.3 Å². The van der Waals surface area contributed by atoms with Crippen LogP contribution in [0.15, 0.2) is 71.2 Å². The molecule has 0 fully saturated rings. The number of H-pyrrole nitrogens is 1. The molecule has 1 aromatic heterocycles. The molecule has 0 radical (unpaired) electrons. The minimum Gasteiger partial charge on any atom is -0.489 e. The Bertz CT molecular complexity index is 1260. The Kier molecular flexibility index (Phi) is 6.04. The van der Waals surface area contributed by atoms with Crippen LogP contribution >= 0.6 is 15.9 Å². The Labute approximate surface area is 188 Å². The highest BCUT2D eigenvalue weighted by Gasteiger charge is 2.31. The molecule has 0 aliphatic heterocycles. The molecular formula is C22H15BrF3N3O3. The summed E-state index contributed by atoms with van der Waals surface area (Å²) in [6.45, 7) is 0.0268. The molecular weight excluding hydrogens is 491 g/mol. The maximum atomic E-state index is 12.5. The lowest BCUT2D eigenvalue weighted by Gasteiger charge is -2.11. The number of benzene rings is 3. The molecule has 1 amide bonds. The number of halogens is 4. The largest absolute Gasteiger partial charge is 0.573 e. The van der Waals surface area contributed by atoms with Gasteiger partial charge in [-0.15, -0.1) is 13.2 Å². The normalized spacial score (nSPS) is 11.4. The summed E-state index contributed by atoms with van der Waals surface area (Å²) in [4.78, 5) is 12.5. The molecule has 0 bridgehead atoms. The van der Waals surface area contributed by atoms with Crippen LogP contribution < -0.4 is 14.8 Å². The minimum atomic E-state index is -4.76. The molecule has 0 atom stereocenters. The van der Waals surface area contributed by atoms with Gasteiger partial charge in [-0.05, 0) is 60.2 Å². The Morgan fingerprint density at radius 1 is 1.03 bits per heavy atom. The average Bonchev–Trinajstić information content (AvgIpc) is 3.14. The zero-order chi connectivity index (χ0) is 22.7. The fraction of sp³-hybridized carbons (Fsp3) is 0.0909. The number of fused-ring (bicyclic) bond motifs is 1. The summed E-state index contributed by atoms with van der Waals surface area (Å²) < 4.78 is 47.7. The number of amides is 1. The van der Waals surface area contributed by atoms with Crippen molar-refractivity contribution in [3.63, 3.8) is 0 Å². The van der Waals surface area contributed by atoms with E-state index in [9.17, 15) is 18.0 Å². The van der Waals surface area contributed by atoms with Crippen molar-refractivity contribution in [2.45, 2.75) is 13.0 Å². The van der Waals surface area contributed by atoms with Gasteiger partial charge in [-0.25, -0.2) is 0 Å². The van der Waals surface area contributed by atoms with E-state index in [2.05, 4.69) is 36.2 Å². The highest BCUT2D eigenvalue weighted by atomic mass is 79.9. The Hall–Kier alpha value is -3.53. The van der Waals surface area contributed by atoms with Crippen LogP contribution in [0.5, 0.6) is 11.5 Å². The van der Waals surface area contributed by atoms with Crippen molar-refractivity contribution in [3.8, 4) is 11.5 Å². The summed E-state index contributed by atoms with van der Waals surface area (Å²) in [7, 11) is 0. The van der Waals surface area contributed by atoms with Crippen LogP contribution in [0.2, 0.25) is 0 Å². The Morgan fingerprint density at radius 2 is 1.81 bits per heavy atom. The van der Waals surface area contributed by atoms with Crippen LogP contribution in [0.3, 0.4) is 0 Å². The molecule has 1 heterocycles. The molecule has 10 heteroatoms. The molecule has 4 aromatic rings. The molecule has 164 valence electrons. The Balaban J connectivity index is 1.47. The second-order valence-electron chi connectivity index (χ2n) is 6.72. The first kappa shape index (κ1) is 21.7. The standard InChI is InChI=1S/C22H15BrF3N3O3/c23-15-6-4-14(5-7-15)21(30)27-20-18-11-16(8-9-19(18)28-29-20)31-12-13-2-1-3-17(10-13)32-22(24,25)26/h1-11H,12H2,(H2,27,28,29,30). The smallest absolute Gasteiger partial charge is 0.489 e. The summed E-state index contributed by atoms with van der Waals surface area (Å²) in [5.74, 6) is 0.152. The van der Waals surface area contributed by atoms with Crippen molar-refractivity contribution in [1.82, 2.24) is 10.2 Å². The number of aromatic nitrogens is 2. The van der Waals surface area contributed by atoms with Gasteiger partial charge >= 0.3 is 6.36 Å². The number of nitrogens with one attached hydrogen (secondary N) is 2. The van der Waals surface area contributed by atoms with Gasteiger partial charge in [0.25, 0.3) is 5.91 Å². The van der Waals surface area contributed by atoms with E-state index in [0.29, 0.717) is 33.6 Å². The number of ether oxygens (including phenoxy) is 2. The van der Waals surface area contributed by atoms with Gasteiger partial charge < -0.3 is 14.8 Å². The molecule has 0 spiro atoms. The molecule has 32 heavy (non-hydrogen) atoms. The SMILES string of the molecule is O=C(Nc1n[nH]c2ccc(OCc3cccc(OC(F)(F)F)c3)cc12)c1ccc(Br)cc1. The first-order valence-electron chi connectivity index (χ1n) is 9.29. The lowest BCUT2D eigenvalue weighted by atomic mass is 10.2. The number of hydrogen-bond acceptors (Lipinski definition) is 4. The van der Waals surface area contributed by atoms with Crippen molar-refractivity contribution < 1.29 is 27.4 Å². The molecule has 0 unspecified atom stereocenters. The average molecular weight is 506 g/mol. The van der Waals surface area contributed by atoms with E-state index >= 15 is 0 Å². The second kappa shape index (κ2) is 8.91. The first-order valence-corrected chi connectivity index (χ1v) is 10.1. The number of carbonyl (C=O) groups excluding carboxylic acids is 1. The van der Waals surface area contributed by atoms with Crippen LogP contribution in [-0.2, 0) is 6.61 Å². The monoisotopic (exact) mass is 505 g/mol. The molecule has 0 saturated heterocycles. The van der Waals surface area contributed by atoms with Crippen LogP contribution in [0.4, 0.5) is 19.0 Å². The van der Waals surface area contributed by atoms with Crippen molar-refractivity contribution in [2.24, 2.45) is 0 Å². The maximum absolute atomic E-state index is 12.5. The molecule has 6 nitrogen and oxygen atoms in total. The zero-order valence-corrected chi connectivity index (χ0v) is 17.8. The van der Waals surface area contributed by atoms with Gasteiger partial charge in [0.1, 0.15) is 18.1 Å². The third-order valence-electron chi connectivity index (χ3n) is 4.41.